The van der Waals surface area contributed by atoms with Crippen LogP contribution in [0.15, 0.2) is 36.7 Å². The molecule has 0 bridgehead atoms. The normalized spacial score (nSPS) is 11.0. The number of nitrogens with one attached hydrogen (secondary N) is 1. The van der Waals surface area contributed by atoms with Crippen molar-refractivity contribution in [2.24, 2.45) is 0 Å². The van der Waals surface area contributed by atoms with Crippen LogP contribution in [0.2, 0.25) is 0 Å². The molecule has 1 aromatic heterocycles. The Morgan fingerprint density at radius 2 is 1.71 bits per heavy atom. The molecule has 0 amide bonds. The fourth-order valence-electron chi connectivity index (χ4n) is 2.48. The van der Waals surface area contributed by atoms with Gasteiger partial charge in [0.1, 0.15) is 5.82 Å². The molecule has 0 aliphatic rings. The molecule has 3 nitrogen and oxygen atoms in total. The highest BCUT2D eigenvalue weighted by Crippen LogP contribution is 2.09. The van der Waals surface area contributed by atoms with Gasteiger partial charge >= 0.3 is 0 Å². The Morgan fingerprint density at radius 1 is 0.952 bits per heavy atom. The molecule has 0 atom stereocenters. The van der Waals surface area contributed by atoms with E-state index in [0.29, 0.717) is 0 Å². The Labute approximate surface area is 128 Å². The SMILES string of the molecule is CCCNCCc1ccc(Cn2ccnc2CCC)cc1. The second-order valence-corrected chi connectivity index (χ2v) is 5.54. The molecular weight excluding hydrogens is 258 g/mol. The van der Waals surface area contributed by atoms with E-state index in [1.807, 2.05) is 6.20 Å². The lowest BCUT2D eigenvalue weighted by atomic mass is 10.1. The van der Waals surface area contributed by atoms with Gasteiger partial charge in [0.25, 0.3) is 0 Å². The lowest BCUT2D eigenvalue weighted by molar-refractivity contribution is 0.671. The number of aryl methyl sites for hydroxylation is 1. The highest BCUT2D eigenvalue weighted by Gasteiger charge is 2.02. The largest absolute Gasteiger partial charge is 0.331 e. The lowest BCUT2D eigenvalue weighted by Crippen LogP contribution is -2.17. The summed E-state index contributed by atoms with van der Waals surface area (Å²) in [6.07, 6.45) is 8.47. The zero-order chi connectivity index (χ0) is 14.9. The molecule has 0 unspecified atom stereocenters. The zero-order valence-corrected chi connectivity index (χ0v) is 13.3. The molecule has 0 aliphatic heterocycles. The van der Waals surface area contributed by atoms with Crippen molar-refractivity contribution in [2.45, 2.75) is 46.1 Å². The van der Waals surface area contributed by atoms with Gasteiger partial charge in [0.15, 0.2) is 0 Å². The number of hydrogen-bond acceptors (Lipinski definition) is 2. The first-order valence-corrected chi connectivity index (χ1v) is 8.12. The van der Waals surface area contributed by atoms with Gasteiger partial charge in [-0.25, -0.2) is 4.98 Å². The van der Waals surface area contributed by atoms with Crippen molar-refractivity contribution in [3.63, 3.8) is 0 Å². The standard InChI is InChI=1S/C18H27N3/c1-3-5-18-20-13-14-21(18)15-17-8-6-16(7-9-17)10-12-19-11-4-2/h6-9,13-14,19H,3-5,10-12,15H2,1-2H3. The number of aromatic nitrogens is 2. The van der Waals surface area contributed by atoms with Gasteiger partial charge in [-0.05, 0) is 43.5 Å². The summed E-state index contributed by atoms with van der Waals surface area (Å²) in [7, 11) is 0. The Bertz CT molecular complexity index is 514. The number of benzene rings is 1. The monoisotopic (exact) mass is 285 g/mol. The van der Waals surface area contributed by atoms with Crippen LogP contribution in [0.1, 0.15) is 43.6 Å². The van der Waals surface area contributed by atoms with E-state index in [0.717, 1.165) is 38.9 Å². The number of nitrogens with zero attached hydrogens (tertiary/aromatic N) is 2. The highest BCUT2D eigenvalue weighted by molar-refractivity contribution is 5.23. The van der Waals surface area contributed by atoms with E-state index in [9.17, 15) is 0 Å². The van der Waals surface area contributed by atoms with Crippen LogP contribution in [-0.2, 0) is 19.4 Å². The third kappa shape index (κ3) is 5.01. The maximum absolute atomic E-state index is 4.43. The molecule has 2 aromatic rings. The molecule has 114 valence electrons. The van der Waals surface area contributed by atoms with Crippen molar-refractivity contribution >= 4 is 0 Å². The summed E-state index contributed by atoms with van der Waals surface area (Å²) < 4.78 is 2.25. The molecule has 1 heterocycles. The summed E-state index contributed by atoms with van der Waals surface area (Å²) in [4.78, 5) is 4.43. The van der Waals surface area contributed by atoms with Crippen molar-refractivity contribution in [3.05, 3.63) is 53.6 Å². The van der Waals surface area contributed by atoms with E-state index >= 15 is 0 Å². The van der Waals surface area contributed by atoms with Crippen molar-refractivity contribution in [1.29, 1.82) is 0 Å². The van der Waals surface area contributed by atoms with Crippen LogP contribution >= 0.6 is 0 Å². The summed E-state index contributed by atoms with van der Waals surface area (Å²) in [5, 5.41) is 3.44. The third-order valence-electron chi connectivity index (χ3n) is 3.67. The number of hydrogen-bond donors (Lipinski definition) is 1. The van der Waals surface area contributed by atoms with Crippen LogP contribution in [0.4, 0.5) is 0 Å². The summed E-state index contributed by atoms with van der Waals surface area (Å²) in [5.74, 6) is 1.19. The topological polar surface area (TPSA) is 29.9 Å². The second kappa shape index (κ2) is 8.63. The molecule has 21 heavy (non-hydrogen) atoms. The van der Waals surface area contributed by atoms with E-state index in [4.69, 9.17) is 0 Å². The van der Waals surface area contributed by atoms with Crippen LogP contribution in [0, 0.1) is 0 Å². The second-order valence-electron chi connectivity index (χ2n) is 5.54. The van der Waals surface area contributed by atoms with Gasteiger partial charge in [-0.1, -0.05) is 38.1 Å². The molecule has 0 saturated carbocycles. The molecular formula is C18H27N3. The molecule has 0 spiro atoms. The van der Waals surface area contributed by atoms with Gasteiger partial charge in [-0.15, -0.1) is 0 Å². The average Bonchev–Trinajstić information content (AvgIpc) is 2.93. The highest BCUT2D eigenvalue weighted by atomic mass is 15.1. The molecule has 0 radical (unpaired) electrons. The summed E-state index contributed by atoms with van der Waals surface area (Å²) in [5.41, 5.74) is 2.75. The van der Waals surface area contributed by atoms with Crippen LogP contribution in [-0.4, -0.2) is 22.6 Å². The quantitative estimate of drug-likeness (QED) is 0.715. The third-order valence-corrected chi connectivity index (χ3v) is 3.67. The van der Waals surface area contributed by atoms with E-state index in [2.05, 4.69) is 59.2 Å². The van der Waals surface area contributed by atoms with Gasteiger partial charge in [0.05, 0.1) is 0 Å². The number of rotatable bonds is 9. The molecule has 0 fully saturated rings. The predicted molar refractivity (Wildman–Crippen MR) is 88.6 cm³/mol. The minimum absolute atomic E-state index is 0.920. The molecule has 1 N–H and O–H groups in total. The molecule has 0 saturated heterocycles. The Balaban J connectivity index is 1.88. The van der Waals surface area contributed by atoms with Gasteiger partial charge < -0.3 is 9.88 Å². The van der Waals surface area contributed by atoms with E-state index in [1.54, 1.807) is 0 Å². The van der Waals surface area contributed by atoms with Crippen LogP contribution in [0.5, 0.6) is 0 Å². The minimum Gasteiger partial charge on any atom is -0.331 e. The maximum atomic E-state index is 4.43. The van der Waals surface area contributed by atoms with E-state index < -0.39 is 0 Å². The lowest BCUT2D eigenvalue weighted by Gasteiger charge is -2.09. The average molecular weight is 285 g/mol. The Hall–Kier alpha value is -1.61. The fourth-order valence-corrected chi connectivity index (χ4v) is 2.48. The van der Waals surface area contributed by atoms with Crippen molar-refractivity contribution in [1.82, 2.24) is 14.9 Å². The van der Waals surface area contributed by atoms with Crippen molar-refractivity contribution in [3.8, 4) is 0 Å². The molecule has 0 aliphatic carbocycles. The van der Waals surface area contributed by atoms with Gasteiger partial charge in [-0.2, -0.15) is 0 Å². The van der Waals surface area contributed by atoms with Crippen LogP contribution in [0.3, 0.4) is 0 Å². The zero-order valence-electron chi connectivity index (χ0n) is 13.3. The first-order chi connectivity index (χ1) is 10.3. The summed E-state index contributed by atoms with van der Waals surface area (Å²) >= 11 is 0. The molecule has 3 heteroatoms. The predicted octanol–water partition coefficient (Wildman–Crippen LogP) is 3.43. The minimum atomic E-state index is 0.920. The first kappa shape index (κ1) is 15.8. The van der Waals surface area contributed by atoms with Crippen LogP contribution in [0.25, 0.3) is 0 Å². The van der Waals surface area contributed by atoms with Gasteiger partial charge in [0, 0.05) is 25.4 Å². The Morgan fingerprint density at radius 3 is 2.43 bits per heavy atom. The maximum Gasteiger partial charge on any atom is 0.108 e. The van der Waals surface area contributed by atoms with E-state index in [1.165, 1.54) is 23.4 Å². The van der Waals surface area contributed by atoms with Gasteiger partial charge in [-0.3, -0.25) is 0 Å². The van der Waals surface area contributed by atoms with E-state index in [-0.39, 0.29) is 0 Å². The van der Waals surface area contributed by atoms with Crippen molar-refractivity contribution < 1.29 is 0 Å². The summed E-state index contributed by atoms with van der Waals surface area (Å²) in [6, 6.07) is 8.98. The fraction of sp³-hybridized carbons (Fsp3) is 0.500. The molecule has 1 aromatic carbocycles. The molecule has 2 rings (SSSR count). The number of imidazole rings is 1. The Kier molecular flexibility index (Phi) is 6.48. The van der Waals surface area contributed by atoms with Crippen molar-refractivity contribution in [2.75, 3.05) is 13.1 Å². The smallest absolute Gasteiger partial charge is 0.108 e. The first-order valence-electron chi connectivity index (χ1n) is 8.12. The van der Waals surface area contributed by atoms with Crippen LogP contribution < -0.4 is 5.32 Å². The van der Waals surface area contributed by atoms with Gasteiger partial charge in [0.2, 0.25) is 0 Å². The summed E-state index contributed by atoms with van der Waals surface area (Å²) in [6.45, 7) is 7.49.